The van der Waals surface area contributed by atoms with E-state index in [1.54, 1.807) is 30.3 Å². The lowest BCUT2D eigenvalue weighted by Gasteiger charge is -2.05. The molecule has 0 saturated carbocycles. The minimum Gasteiger partial charge on any atom is -0.493 e. The number of hydrogen-bond acceptors (Lipinski definition) is 5. The lowest BCUT2D eigenvalue weighted by Crippen LogP contribution is -2.04. The molecule has 132 valence electrons. The summed E-state index contributed by atoms with van der Waals surface area (Å²) in [7, 11) is -2.66. The van der Waals surface area contributed by atoms with Crippen LogP contribution in [0, 0.1) is 11.3 Å². The Morgan fingerprint density at radius 3 is 2.69 bits per heavy atom. The van der Waals surface area contributed by atoms with Gasteiger partial charge in [0.2, 0.25) is 9.84 Å². The third kappa shape index (κ3) is 3.29. The molecule has 0 amide bonds. The largest absolute Gasteiger partial charge is 0.493 e. The molecule has 5 nitrogen and oxygen atoms in total. The van der Waals surface area contributed by atoms with Crippen LogP contribution < -0.4 is 4.74 Å². The number of furan rings is 1. The molecule has 0 bridgehead atoms. The lowest BCUT2D eigenvalue weighted by molar-refractivity contribution is 0.410. The molecule has 0 saturated heterocycles. The minimum absolute atomic E-state index is 0.0261. The van der Waals surface area contributed by atoms with Gasteiger partial charge in [0.05, 0.1) is 17.0 Å². The molecule has 3 aromatic rings. The van der Waals surface area contributed by atoms with E-state index in [2.05, 4.69) is 0 Å². The Morgan fingerprint density at radius 2 is 2.00 bits per heavy atom. The third-order valence-electron chi connectivity index (χ3n) is 3.60. The maximum absolute atomic E-state index is 12.8. The number of para-hydroxylation sites is 1. The summed E-state index contributed by atoms with van der Waals surface area (Å²) < 4.78 is 36.4. The quantitative estimate of drug-likeness (QED) is 0.562. The topological polar surface area (TPSA) is 80.3 Å². The van der Waals surface area contributed by atoms with Crippen LogP contribution in [-0.2, 0) is 9.84 Å². The average molecular weight is 408 g/mol. The van der Waals surface area contributed by atoms with E-state index in [-0.39, 0.29) is 20.7 Å². The predicted octanol–water partition coefficient (Wildman–Crippen LogP) is 5.09. The molecule has 0 spiro atoms. The van der Waals surface area contributed by atoms with E-state index in [1.807, 2.05) is 0 Å². The second-order valence-corrected chi connectivity index (χ2v) is 7.96. The normalized spacial score (nSPS) is 12.2. The molecular formula is C18H11Cl2NO4S. The van der Waals surface area contributed by atoms with Gasteiger partial charge >= 0.3 is 0 Å². The number of methoxy groups -OCH3 is 1. The molecule has 26 heavy (non-hydrogen) atoms. The van der Waals surface area contributed by atoms with Crippen molar-refractivity contribution >= 4 is 50.1 Å². The van der Waals surface area contributed by atoms with Gasteiger partial charge in [-0.15, -0.1) is 0 Å². The molecule has 0 N–H and O–H groups in total. The number of nitrogens with zero attached hydrogens (tertiary/aromatic N) is 1. The maximum Gasteiger partial charge on any atom is 0.218 e. The standard InChI is InChI=1S/C18H11Cl2NO4S/c1-24-16-4-2-3-11-7-13(25-18(11)16)9-14(10-21)26(22,23)17-8-12(19)5-6-15(17)20/h2-9H,1H3/b14-9+. The van der Waals surface area contributed by atoms with E-state index in [4.69, 9.17) is 32.4 Å². The number of ether oxygens (including phenoxy) is 1. The smallest absolute Gasteiger partial charge is 0.218 e. The Labute approximate surface area is 159 Å². The third-order valence-corrected chi connectivity index (χ3v) is 5.98. The summed E-state index contributed by atoms with van der Waals surface area (Å²) in [4.78, 5) is -0.757. The molecule has 0 unspecified atom stereocenters. The van der Waals surface area contributed by atoms with Crippen molar-refractivity contribution in [1.29, 1.82) is 5.26 Å². The van der Waals surface area contributed by atoms with Gasteiger partial charge < -0.3 is 9.15 Å². The molecular weight excluding hydrogens is 397 g/mol. The number of allylic oxidation sites excluding steroid dienone is 1. The number of hydrogen-bond donors (Lipinski definition) is 0. The van der Waals surface area contributed by atoms with Gasteiger partial charge in [-0.1, -0.05) is 35.3 Å². The number of halogens is 2. The Bertz CT molecular complexity index is 1170. The molecule has 0 aliphatic rings. The molecule has 0 aliphatic carbocycles. The van der Waals surface area contributed by atoms with Crippen molar-refractivity contribution in [3.8, 4) is 11.8 Å². The fraction of sp³-hybridized carbons (Fsp3) is 0.0556. The Balaban J connectivity index is 2.14. The first-order chi connectivity index (χ1) is 12.4. The molecule has 1 heterocycles. The summed E-state index contributed by atoms with van der Waals surface area (Å²) in [5.41, 5.74) is 0.455. The molecule has 1 aromatic heterocycles. The monoisotopic (exact) mass is 407 g/mol. The van der Waals surface area contributed by atoms with Gasteiger partial charge in [-0.25, -0.2) is 8.42 Å². The second-order valence-electron chi connectivity index (χ2n) is 5.23. The Morgan fingerprint density at radius 1 is 1.23 bits per heavy atom. The van der Waals surface area contributed by atoms with Crippen LogP contribution in [0.25, 0.3) is 17.0 Å². The van der Waals surface area contributed by atoms with Crippen LogP contribution in [0.1, 0.15) is 5.76 Å². The van der Waals surface area contributed by atoms with Crippen LogP contribution >= 0.6 is 23.2 Å². The van der Waals surface area contributed by atoms with Crippen molar-refractivity contribution in [1.82, 2.24) is 0 Å². The number of benzene rings is 2. The predicted molar refractivity (Wildman–Crippen MR) is 100 cm³/mol. The van der Waals surface area contributed by atoms with E-state index in [1.165, 1.54) is 25.3 Å². The van der Waals surface area contributed by atoms with E-state index in [9.17, 15) is 13.7 Å². The highest BCUT2D eigenvalue weighted by molar-refractivity contribution is 7.95. The van der Waals surface area contributed by atoms with Gasteiger partial charge in [-0.05, 0) is 30.3 Å². The summed E-state index contributed by atoms with van der Waals surface area (Å²) >= 11 is 11.8. The highest BCUT2D eigenvalue weighted by Crippen LogP contribution is 2.32. The first-order valence-electron chi connectivity index (χ1n) is 7.25. The van der Waals surface area contributed by atoms with Crippen molar-refractivity contribution in [2.45, 2.75) is 4.90 Å². The van der Waals surface area contributed by atoms with Crippen molar-refractivity contribution in [2.24, 2.45) is 0 Å². The van der Waals surface area contributed by atoms with Crippen molar-refractivity contribution in [3.63, 3.8) is 0 Å². The van der Waals surface area contributed by atoms with Crippen molar-refractivity contribution < 1.29 is 17.6 Å². The second kappa shape index (κ2) is 7.04. The fourth-order valence-electron chi connectivity index (χ4n) is 2.39. The van der Waals surface area contributed by atoms with E-state index < -0.39 is 14.7 Å². The summed E-state index contributed by atoms with van der Waals surface area (Å²) in [6, 6.07) is 12.6. The maximum atomic E-state index is 12.8. The number of fused-ring (bicyclic) bond motifs is 1. The van der Waals surface area contributed by atoms with Crippen LogP contribution in [0.4, 0.5) is 0 Å². The van der Waals surface area contributed by atoms with Crippen molar-refractivity contribution in [2.75, 3.05) is 7.11 Å². The first-order valence-corrected chi connectivity index (χ1v) is 9.49. The van der Waals surface area contributed by atoms with Crippen LogP contribution in [0.15, 0.2) is 56.7 Å². The van der Waals surface area contributed by atoms with Gasteiger partial charge in [0.25, 0.3) is 0 Å². The van der Waals surface area contributed by atoms with Gasteiger partial charge in [0.1, 0.15) is 11.8 Å². The number of sulfone groups is 1. The zero-order valence-electron chi connectivity index (χ0n) is 13.4. The highest BCUT2D eigenvalue weighted by atomic mass is 35.5. The zero-order chi connectivity index (χ0) is 18.9. The fourth-order valence-corrected chi connectivity index (χ4v) is 4.28. The van der Waals surface area contributed by atoms with Gasteiger partial charge in [-0.3, -0.25) is 0 Å². The van der Waals surface area contributed by atoms with Crippen LogP contribution in [-0.4, -0.2) is 15.5 Å². The van der Waals surface area contributed by atoms with Gasteiger partial charge in [0, 0.05) is 16.5 Å². The molecule has 0 aliphatic heterocycles. The number of rotatable bonds is 4. The summed E-state index contributed by atoms with van der Waals surface area (Å²) in [5, 5.41) is 10.3. The molecule has 2 aromatic carbocycles. The molecule has 3 rings (SSSR count). The minimum atomic E-state index is -4.16. The van der Waals surface area contributed by atoms with Crippen LogP contribution in [0.2, 0.25) is 10.0 Å². The van der Waals surface area contributed by atoms with Crippen LogP contribution in [0.5, 0.6) is 5.75 Å². The van der Waals surface area contributed by atoms with E-state index >= 15 is 0 Å². The van der Waals surface area contributed by atoms with Gasteiger partial charge in [0.15, 0.2) is 16.2 Å². The Hall–Kier alpha value is -2.46. The zero-order valence-corrected chi connectivity index (χ0v) is 15.7. The summed E-state index contributed by atoms with van der Waals surface area (Å²) in [6.45, 7) is 0. The van der Waals surface area contributed by atoms with E-state index in [0.717, 1.165) is 6.08 Å². The van der Waals surface area contributed by atoms with Crippen molar-refractivity contribution in [3.05, 3.63) is 63.2 Å². The van der Waals surface area contributed by atoms with E-state index in [0.29, 0.717) is 16.7 Å². The number of nitriles is 1. The molecule has 8 heteroatoms. The summed E-state index contributed by atoms with van der Waals surface area (Å²) in [5.74, 6) is 0.698. The first kappa shape index (κ1) is 18.3. The SMILES string of the molecule is COc1cccc2cc(/C=C(\C#N)S(=O)(=O)c3cc(Cl)ccc3Cl)oc12. The average Bonchev–Trinajstić information content (AvgIpc) is 3.04. The summed E-state index contributed by atoms with van der Waals surface area (Å²) in [6.07, 6.45) is 1.14. The highest BCUT2D eigenvalue weighted by Gasteiger charge is 2.25. The van der Waals surface area contributed by atoms with Crippen LogP contribution in [0.3, 0.4) is 0 Å². The Kier molecular flexibility index (Phi) is 4.97. The lowest BCUT2D eigenvalue weighted by atomic mass is 10.2. The van der Waals surface area contributed by atoms with Gasteiger partial charge in [-0.2, -0.15) is 5.26 Å². The molecule has 0 fully saturated rings. The molecule has 0 atom stereocenters. The molecule has 0 radical (unpaired) electrons.